The van der Waals surface area contributed by atoms with E-state index in [4.69, 9.17) is 9.47 Å². The van der Waals surface area contributed by atoms with E-state index in [1.54, 1.807) is 24.4 Å². The Labute approximate surface area is 278 Å². The number of methoxy groups -OCH3 is 1. The molecule has 5 rings (SSSR count). The Hall–Kier alpha value is -4.85. The van der Waals surface area contributed by atoms with Gasteiger partial charge in [0.1, 0.15) is 11.4 Å². The zero-order chi connectivity index (χ0) is 33.2. The first-order chi connectivity index (χ1) is 22.7. The molecular weight excluding hydrogens is 588 g/mol. The molecule has 47 heavy (non-hydrogen) atoms. The van der Waals surface area contributed by atoms with Crippen LogP contribution in [0.4, 0.5) is 15.3 Å². The van der Waals surface area contributed by atoms with Crippen molar-refractivity contribution >= 4 is 17.8 Å². The molecule has 3 amide bonds. The highest BCUT2D eigenvalue weighted by molar-refractivity contribution is 5.89. The quantitative estimate of drug-likeness (QED) is 0.188. The van der Waals surface area contributed by atoms with Crippen LogP contribution in [0.25, 0.3) is 11.1 Å². The Morgan fingerprint density at radius 3 is 2.17 bits per heavy atom. The van der Waals surface area contributed by atoms with Crippen LogP contribution in [-0.2, 0) is 24.4 Å². The predicted octanol–water partition coefficient (Wildman–Crippen LogP) is 9.06. The molecular formula is C39H46N4O4. The van der Waals surface area contributed by atoms with Crippen LogP contribution in [0.3, 0.4) is 0 Å². The summed E-state index contributed by atoms with van der Waals surface area (Å²) in [7, 11) is 1.62. The van der Waals surface area contributed by atoms with Gasteiger partial charge in [0.25, 0.3) is 0 Å². The van der Waals surface area contributed by atoms with Crippen molar-refractivity contribution in [1.82, 2.24) is 14.8 Å². The van der Waals surface area contributed by atoms with Gasteiger partial charge in [0.05, 0.1) is 7.11 Å². The van der Waals surface area contributed by atoms with Crippen LogP contribution in [0.1, 0.15) is 69.6 Å². The summed E-state index contributed by atoms with van der Waals surface area (Å²) in [5.74, 6) is 0.727. The average molecular weight is 635 g/mol. The minimum absolute atomic E-state index is 0.200. The summed E-state index contributed by atoms with van der Waals surface area (Å²) in [6.07, 6.45) is 8.80. The smallest absolute Gasteiger partial charge is 0.410 e. The summed E-state index contributed by atoms with van der Waals surface area (Å²) in [5.41, 5.74) is 5.30. The molecule has 1 heterocycles. The lowest BCUT2D eigenvalue weighted by Crippen LogP contribution is -2.43. The molecule has 8 heteroatoms. The third-order valence-electron chi connectivity index (χ3n) is 8.31. The first-order valence-corrected chi connectivity index (χ1v) is 16.4. The van der Waals surface area contributed by atoms with Gasteiger partial charge in [-0.1, -0.05) is 67.8 Å². The molecule has 0 bridgehead atoms. The number of nitrogens with one attached hydrogen (secondary N) is 1. The van der Waals surface area contributed by atoms with Gasteiger partial charge in [-0.25, -0.2) is 9.59 Å². The Balaban J connectivity index is 1.31. The van der Waals surface area contributed by atoms with E-state index in [0.29, 0.717) is 25.3 Å². The average Bonchev–Trinajstić information content (AvgIpc) is 3.07. The summed E-state index contributed by atoms with van der Waals surface area (Å²) in [6.45, 7) is 7.08. The first-order valence-electron chi connectivity index (χ1n) is 16.4. The lowest BCUT2D eigenvalue weighted by Gasteiger charge is -2.35. The number of nitrogens with zero attached hydrogens (tertiary/aromatic N) is 3. The molecule has 3 aromatic carbocycles. The van der Waals surface area contributed by atoms with Crippen LogP contribution < -0.4 is 10.1 Å². The topological polar surface area (TPSA) is 84.0 Å². The maximum atomic E-state index is 13.5. The second kappa shape index (κ2) is 15.6. The highest BCUT2D eigenvalue weighted by atomic mass is 16.6. The summed E-state index contributed by atoms with van der Waals surface area (Å²) in [4.78, 5) is 34.7. The van der Waals surface area contributed by atoms with Crippen molar-refractivity contribution in [3.05, 3.63) is 114 Å². The van der Waals surface area contributed by atoms with Crippen molar-refractivity contribution in [2.24, 2.45) is 0 Å². The number of rotatable bonds is 10. The van der Waals surface area contributed by atoms with E-state index >= 15 is 0 Å². The van der Waals surface area contributed by atoms with Gasteiger partial charge in [0.2, 0.25) is 0 Å². The zero-order valence-corrected chi connectivity index (χ0v) is 27.9. The number of amides is 3. The SMILES string of the molecule is COc1ccc(NC(=O)N(Cc2cccnc2)Cc2cccc(-c3ccc(CN(C(=O)OC(C)(C)C)C4CCCCC4)cc3)c2)cc1. The van der Waals surface area contributed by atoms with Gasteiger partial charge in [-0.3, -0.25) is 4.98 Å². The van der Waals surface area contributed by atoms with Crippen molar-refractivity contribution in [2.45, 2.75) is 84.2 Å². The molecule has 1 aliphatic rings. The van der Waals surface area contributed by atoms with Crippen LogP contribution in [-0.4, -0.2) is 45.7 Å². The number of anilines is 1. The summed E-state index contributed by atoms with van der Waals surface area (Å²) >= 11 is 0. The van der Waals surface area contributed by atoms with Gasteiger partial charge in [0, 0.05) is 43.8 Å². The van der Waals surface area contributed by atoms with E-state index in [9.17, 15) is 9.59 Å². The number of hydrogen-bond donors (Lipinski definition) is 1. The van der Waals surface area contributed by atoms with Crippen molar-refractivity contribution in [1.29, 1.82) is 0 Å². The van der Waals surface area contributed by atoms with E-state index in [1.807, 2.05) is 74.2 Å². The standard InChI is InChI=1S/C39H46N4O4/c1-39(2,3)47-38(45)43(35-13-6-5-7-14-35)28-29-15-17-32(18-16-29)33-12-8-10-30(24-33)26-42(27-31-11-9-23-40-25-31)37(44)41-34-19-21-36(46-4)22-20-34/h8-12,15-25,35H,5-7,13-14,26-28H2,1-4H3,(H,41,44). The van der Waals surface area contributed by atoms with E-state index in [1.165, 1.54) is 6.42 Å². The van der Waals surface area contributed by atoms with Crippen LogP contribution >= 0.6 is 0 Å². The third-order valence-corrected chi connectivity index (χ3v) is 8.31. The fourth-order valence-electron chi connectivity index (χ4n) is 5.91. The lowest BCUT2D eigenvalue weighted by molar-refractivity contribution is 0.00988. The monoisotopic (exact) mass is 634 g/mol. The minimum atomic E-state index is -0.539. The molecule has 0 saturated heterocycles. The third kappa shape index (κ3) is 9.82. The van der Waals surface area contributed by atoms with Crippen molar-refractivity contribution < 1.29 is 19.1 Å². The maximum absolute atomic E-state index is 13.5. The highest BCUT2D eigenvalue weighted by Gasteiger charge is 2.29. The summed E-state index contributed by atoms with van der Waals surface area (Å²) < 4.78 is 11.1. The molecule has 0 aliphatic heterocycles. The van der Waals surface area contributed by atoms with E-state index in [0.717, 1.165) is 59.3 Å². The van der Waals surface area contributed by atoms with Crippen molar-refractivity contribution in [3.63, 3.8) is 0 Å². The molecule has 4 aromatic rings. The number of carbonyl (C=O) groups is 2. The fraction of sp³-hybridized carbons (Fsp3) is 0.359. The van der Waals surface area contributed by atoms with E-state index in [-0.39, 0.29) is 18.2 Å². The molecule has 0 atom stereocenters. The fourth-order valence-corrected chi connectivity index (χ4v) is 5.91. The van der Waals surface area contributed by atoms with Crippen LogP contribution in [0.2, 0.25) is 0 Å². The van der Waals surface area contributed by atoms with Crippen molar-refractivity contribution in [2.75, 3.05) is 12.4 Å². The molecule has 8 nitrogen and oxygen atoms in total. The lowest BCUT2D eigenvalue weighted by atomic mass is 9.94. The number of benzene rings is 3. The van der Waals surface area contributed by atoms with E-state index < -0.39 is 5.60 Å². The number of carbonyl (C=O) groups excluding carboxylic acids is 2. The van der Waals surface area contributed by atoms with Crippen LogP contribution in [0.15, 0.2) is 97.3 Å². The van der Waals surface area contributed by atoms with Gasteiger partial charge in [-0.2, -0.15) is 0 Å². The van der Waals surface area contributed by atoms with Gasteiger partial charge in [-0.15, -0.1) is 0 Å². The first kappa shape index (κ1) is 33.5. The predicted molar refractivity (Wildman–Crippen MR) is 186 cm³/mol. The number of pyridine rings is 1. The molecule has 246 valence electrons. The Bertz CT molecular complexity index is 1600. The molecule has 1 N–H and O–H groups in total. The Morgan fingerprint density at radius 2 is 1.51 bits per heavy atom. The van der Waals surface area contributed by atoms with Gasteiger partial charge in [-0.05, 0) is 97.8 Å². The maximum Gasteiger partial charge on any atom is 0.410 e. The molecule has 1 saturated carbocycles. The van der Waals surface area contributed by atoms with E-state index in [2.05, 4.69) is 46.7 Å². The Kier molecular flexibility index (Phi) is 11.1. The largest absolute Gasteiger partial charge is 0.497 e. The minimum Gasteiger partial charge on any atom is -0.497 e. The molecule has 0 unspecified atom stereocenters. The van der Waals surface area contributed by atoms with Gasteiger partial charge in [0.15, 0.2) is 0 Å². The Morgan fingerprint density at radius 1 is 0.809 bits per heavy atom. The van der Waals surface area contributed by atoms with Crippen LogP contribution in [0.5, 0.6) is 5.75 Å². The molecule has 0 spiro atoms. The van der Waals surface area contributed by atoms with Crippen LogP contribution in [0, 0.1) is 0 Å². The summed E-state index contributed by atoms with van der Waals surface area (Å²) in [6, 6.07) is 27.8. The summed E-state index contributed by atoms with van der Waals surface area (Å²) in [5, 5.41) is 3.02. The number of ether oxygens (including phenoxy) is 2. The second-order valence-corrected chi connectivity index (χ2v) is 13.2. The normalized spacial score (nSPS) is 13.4. The number of hydrogen-bond acceptors (Lipinski definition) is 5. The van der Waals surface area contributed by atoms with Crippen molar-refractivity contribution in [3.8, 4) is 16.9 Å². The molecule has 0 radical (unpaired) electrons. The number of aromatic nitrogens is 1. The second-order valence-electron chi connectivity index (χ2n) is 13.2. The highest BCUT2D eigenvalue weighted by Crippen LogP contribution is 2.28. The van der Waals surface area contributed by atoms with Gasteiger partial charge < -0.3 is 24.6 Å². The number of urea groups is 1. The molecule has 1 aliphatic carbocycles. The zero-order valence-electron chi connectivity index (χ0n) is 27.9. The molecule has 1 aromatic heterocycles. The van der Waals surface area contributed by atoms with Gasteiger partial charge >= 0.3 is 12.1 Å². The molecule has 1 fully saturated rings.